The minimum Gasteiger partial charge on any atom is -0.497 e. The standard InChI is InChI=1S/C12H15BrF3NO/c1-18-11-4-2-3-10(7-11)8-17(6-5-13)9-12(14,15)16/h2-4,7H,5-6,8-9H2,1H3. The molecule has 0 aliphatic rings. The van der Waals surface area contributed by atoms with Crippen molar-refractivity contribution in [2.24, 2.45) is 0 Å². The zero-order valence-corrected chi connectivity index (χ0v) is 11.6. The summed E-state index contributed by atoms with van der Waals surface area (Å²) in [7, 11) is 1.53. The maximum Gasteiger partial charge on any atom is 0.401 e. The molecule has 0 fully saturated rings. The summed E-state index contributed by atoms with van der Waals surface area (Å²) in [6.07, 6.45) is -4.18. The topological polar surface area (TPSA) is 12.5 Å². The van der Waals surface area contributed by atoms with E-state index in [2.05, 4.69) is 15.9 Å². The lowest BCUT2D eigenvalue weighted by molar-refractivity contribution is -0.146. The Morgan fingerprint density at radius 2 is 2.06 bits per heavy atom. The number of ether oxygens (including phenoxy) is 1. The van der Waals surface area contributed by atoms with Gasteiger partial charge in [0.25, 0.3) is 0 Å². The second-order valence-corrected chi connectivity index (χ2v) is 4.66. The van der Waals surface area contributed by atoms with Crippen molar-refractivity contribution in [2.75, 3.05) is 25.5 Å². The van der Waals surface area contributed by atoms with Gasteiger partial charge in [0.2, 0.25) is 0 Å². The summed E-state index contributed by atoms with van der Waals surface area (Å²) in [4.78, 5) is 1.35. The van der Waals surface area contributed by atoms with Crippen LogP contribution in [0.3, 0.4) is 0 Å². The van der Waals surface area contributed by atoms with Crippen LogP contribution in [0.4, 0.5) is 13.2 Å². The van der Waals surface area contributed by atoms with Crippen LogP contribution in [0.5, 0.6) is 5.75 Å². The fraction of sp³-hybridized carbons (Fsp3) is 0.500. The fourth-order valence-corrected chi connectivity index (χ4v) is 2.12. The van der Waals surface area contributed by atoms with E-state index >= 15 is 0 Å². The van der Waals surface area contributed by atoms with Gasteiger partial charge in [-0.15, -0.1) is 0 Å². The number of nitrogens with zero attached hydrogens (tertiary/aromatic N) is 1. The highest BCUT2D eigenvalue weighted by atomic mass is 79.9. The Morgan fingerprint density at radius 1 is 1.33 bits per heavy atom. The van der Waals surface area contributed by atoms with Crippen LogP contribution in [0, 0.1) is 0 Å². The van der Waals surface area contributed by atoms with Gasteiger partial charge in [-0.1, -0.05) is 28.1 Å². The zero-order valence-electron chi connectivity index (χ0n) is 10.0. The Hall–Kier alpha value is -0.750. The van der Waals surface area contributed by atoms with Gasteiger partial charge >= 0.3 is 6.18 Å². The molecule has 102 valence electrons. The molecule has 18 heavy (non-hydrogen) atoms. The molecular formula is C12H15BrF3NO. The first-order chi connectivity index (χ1) is 8.44. The number of alkyl halides is 4. The van der Waals surface area contributed by atoms with Gasteiger partial charge in [0.15, 0.2) is 0 Å². The highest BCUT2D eigenvalue weighted by molar-refractivity contribution is 9.09. The molecule has 0 amide bonds. The first kappa shape index (κ1) is 15.3. The van der Waals surface area contributed by atoms with Crippen LogP contribution in [-0.2, 0) is 6.54 Å². The summed E-state index contributed by atoms with van der Waals surface area (Å²) in [6, 6.07) is 7.08. The number of hydrogen-bond acceptors (Lipinski definition) is 2. The minimum absolute atomic E-state index is 0.252. The van der Waals surface area contributed by atoms with Crippen LogP contribution in [0.15, 0.2) is 24.3 Å². The highest BCUT2D eigenvalue weighted by Crippen LogP contribution is 2.19. The van der Waals surface area contributed by atoms with Crippen molar-refractivity contribution in [1.29, 1.82) is 0 Å². The maximum absolute atomic E-state index is 12.4. The summed E-state index contributed by atoms with van der Waals surface area (Å²) >= 11 is 3.17. The van der Waals surface area contributed by atoms with Crippen molar-refractivity contribution in [3.8, 4) is 5.75 Å². The Labute approximate surface area is 113 Å². The molecule has 1 aromatic rings. The van der Waals surface area contributed by atoms with Gasteiger partial charge in [-0.25, -0.2) is 0 Å². The molecule has 0 aliphatic heterocycles. The van der Waals surface area contributed by atoms with E-state index in [1.165, 1.54) is 12.0 Å². The molecule has 0 heterocycles. The summed E-state index contributed by atoms with van der Waals surface area (Å²) < 4.78 is 42.2. The molecule has 1 rings (SSSR count). The number of hydrogen-bond donors (Lipinski definition) is 0. The molecule has 0 saturated heterocycles. The average molecular weight is 326 g/mol. The second kappa shape index (κ2) is 6.99. The monoisotopic (exact) mass is 325 g/mol. The van der Waals surface area contributed by atoms with Crippen molar-refractivity contribution in [3.05, 3.63) is 29.8 Å². The molecule has 0 spiro atoms. The summed E-state index contributed by atoms with van der Waals surface area (Å²) in [6.45, 7) is -0.311. The summed E-state index contributed by atoms with van der Waals surface area (Å²) in [5.74, 6) is 0.651. The molecule has 0 aliphatic carbocycles. The van der Waals surface area contributed by atoms with Crippen molar-refractivity contribution in [1.82, 2.24) is 4.90 Å². The highest BCUT2D eigenvalue weighted by Gasteiger charge is 2.30. The van der Waals surface area contributed by atoms with E-state index in [0.717, 1.165) is 5.56 Å². The molecule has 0 saturated carbocycles. The summed E-state index contributed by atoms with van der Waals surface area (Å²) in [5.41, 5.74) is 0.805. The first-order valence-electron chi connectivity index (χ1n) is 5.42. The predicted molar refractivity (Wildman–Crippen MR) is 68.1 cm³/mol. The van der Waals surface area contributed by atoms with E-state index in [1.807, 2.05) is 0 Å². The Bertz CT molecular complexity index is 371. The minimum atomic E-state index is -4.18. The first-order valence-corrected chi connectivity index (χ1v) is 6.55. The Kier molecular flexibility index (Phi) is 5.95. The second-order valence-electron chi connectivity index (χ2n) is 3.87. The molecule has 6 heteroatoms. The normalized spacial score (nSPS) is 11.9. The van der Waals surface area contributed by atoms with Gasteiger partial charge in [0, 0.05) is 18.4 Å². The van der Waals surface area contributed by atoms with E-state index < -0.39 is 12.7 Å². The van der Waals surface area contributed by atoms with Gasteiger partial charge in [-0.05, 0) is 17.7 Å². The van der Waals surface area contributed by atoms with Crippen molar-refractivity contribution < 1.29 is 17.9 Å². The van der Waals surface area contributed by atoms with Crippen LogP contribution in [0.25, 0.3) is 0 Å². The SMILES string of the molecule is COc1cccc(CN(CCBr)CC(F)(F)F)c1. The van der Waals surface area contributed by atoms with Crippen LogP contribution < -0.4 is 4.74 Å². The van der Waals surface area contributed by atoms with E-state index in [1.54, 1.807) is 24.3 Å². The van der Waals surface area contributed by atoms with Gasteiger partial charge < -0.3 is 4.74 Å². The van der Waals surface area contributed by atoms with Crippen LogP contribution in [0.1, 0.15) is 5.56 Å². The van der Waals surface area contributed by atoms with Crippen LogP contribution >= 0.6 is 15.9 Å². The molecule has 0 unspecified atom stereocenters. The summed E-state index contributed by atoms with van der Waals surface area (Å²) in [5, 5.41) is 0.507. The predicted octanol–water partition coefficient (Wildman–Crippen LogP) is 3.45. The lowest BCUT2D eigenvalue weighted by atomic mass is 10.2. The van der Waals surface area contributed by atoms with E-state index in [4.69, 9.17) is 4.74 Å². The number of benzene rings is 1. The Balaban J connectivity index is 2.69. The molecule has 2 nitrogen and oxygen atoms in total. The maximum atomic E-state index is 12.4. The lowest BCUT2D eigenvalue weighted by Crippen LogP contribution is -2.35. The molecule has 0 aromatic heterocycles. The van der Waals surface area contributed by atoms with E-state index in [9.17, 15) is 13.2 Å². The molecule has 1 aromatic carbocycles. The lowest BCUT2D eigenvalue weighted by Gasteiger charge is -2.22. The molecule has 0 N–H and O–H groups in total. The third-order valence-electron chi connectivity index (χ3n) is 2.34. The fourth-order valence-electron chi connectivity index (χ4n) is 1.62. The molecular weight excluding hydrogens is 311 g/mol. The van der Waals surface area contributed by atoms with Gasteiger partial charge in [-0.3, -0.25) is 4.90 Å². The smallest absolute Gasteiger partial charge is 0.401 e. The Morgan fingerprint density at radius 3 is 2.61 bits per heavy atom. The molecule has 0 radical (unpaired) electrons. The number of halogens is 4. The van der Waals surface area contributed by atoms with Crippen molar-refractivity contribution in [2.45, 2.75) is 12.7 Å². The van der Waals surface area contributed by atoms with Gasteiger partial charge in [0.05, 0.1) is 13.7 Å². The number of rotatable bonds is 6. The largest absolute Gasteiger partial charge is 0.497 e. The quantitative estimate of drug-likeness (QED) is 0.743. The third-order valence-corrected chi connectivity index (χ3v) is 2.70. The molecule has 0 bridgehead atoms. The average Bonchev–Trinajstić information content (AvgIpc) is 2.27. The van der Waals surface area contributed by atoms with Gasteiger partial charge in [0.1, 0.15) is 5.75 Å². The third kappa shape index (κ3) is 5.73. The molecule has 0 atom stereocenters. The van der Waals surface area contributed by atoms with Crippen LogP contribution in [-0.4, -0.2) is 36.6 Å². The zero-order chi connectivity index (χ0) is 13.6. The number of methoxy groups -OCH3 is 1. The van der Waals surface area contributed by atoms with E-state index in [0.29, 0.717) is 17.6 Å². The van der Waals surface area contributed by atoms with Gasteiger partial charge in [-0.2, -0.15) is 13.2 Å². The van der Waals surface area contributed by atoms with E-state index in [-0.39, 0.29) is 6.54 Å². The van der Waals surface area contributed by atoms with Crippen molar-refractivity contribution in [3.63, 3.8) is 0 Å². The van der Waals surface area contributed by atoms with Crippen molar-refractivity contribution >= 4 is 15.9 Å². The van der Waals surface area contributed by atoms with Crippen LogP contribution in [0.2, 0.25) is 0 Å².